The van der Waals surface area contributed by atoms with Crippen LogP contribution in [0.15, 0.2) is 60.7 Å². The molecule has 3 aromatic rings. The molecule has 2 aliphatic heterocycles. The van der Waals surface area contributed by atoms with E-state index in [-0.39, 0.29) is 35.8 Å². The number of aromatic carboxylic acids is 1. The highest BCUT2D eigenvalue weighted by Gasteiger charge is 2.43. The predicted octanol–water partition coefficient (Wildman–Crippen LogP) is 5.83. The van der Waals surface area contributed by atoms with E-state index in [2.05, 4.69) is 14.4 Å². The number of fused-ring (bicyclic) bond motifs is 1. The van der Waals surface area contributed by atoms with E-state index in [0.717, 1.165) is 41.6 Å². The first-order valence-electron chi connectivity index (χ1n) is 13.5. The van der Waals surface area contributed by atoms with Gasteiger partial charge >= 0.3 is 12.3 Å². The molecule has 7 nitrogen and oxygen atoms in total. The fraction of sp³-hybridized carbons (Fsp3) is 0.387. The van der Waals surface area contributed by atoms with Crippen molar-refractivity contribution in [2.24, 2.45) is 0 Å². The number of carbonyl (C=O) groups is 1. The Hall–Kier alpha value is -3.53. The van der Waals surface area contributed by atoms with Gasteiger partial charge in [0.15, 0.2) is 11.5 Å². The fourth-order valence-electron chi connectivity index (χ4n) is 5.61. The third kappa shape index (κ3) is 6.27. The fourth-order valence-corrected chi connectivity index (χ4v) is 5.61. The number of hydrogen-bond donors (Lipinski definition) is 2. The number of β-amino-alcohol motifs (C(OH)–C–C–N with tert-alkyl or cyclic N) is 1. The maximum absolute atomic E-state index is 13.4. The van der Waals surface area contributed by atoms with Crippen LogP contribution < -0.4 is 9.47 Å². The molecule has 2 aliphatic rings. The van der Waals surface area contributed by atoms with Gasteiger partial charge in [-0.1, -0.05) is 42.5 Å². The Kier molecular flexibility index (Phi) is 8.07. The molecule has 212 valence electrons. The van der Waals surface area contributed by atoms with Crippen molar-refractivity contribution in [3.05, 3.63) is 82.9 Å². The largest absolute Gasteiger partial charge is 0.586 e. The van der Waals surface area contributed by atoms with Crippen LogP contribution in [0, 0.1) is 6.92 Å². The number of aryl methyl sites for hydroxylation is 1. The first-order chi connectivity index (χ1) is 19.1. The second-order valence-corrected chi connectivity index (χ2v) is 10.5. The summed E-state index contributed by atoms with van der Waals surface area (Å²) in [5.41, 5.74) is 4.63. The van der Waals surface area contributed by atoms with E-state index in [1.807, 2.05) is 37.3 Å². The smallest absolute Gasteiger partial charge is 0.478 e. The number of ether oxygens (including phenoxy) is 3. The minimum Gasteiger partial charge on any atom is -0.478 e. The van der Waals surface area contributed by atoms with Crippen LogP contribution in [0.3, 0.4) is 0 Å². The first-order valence-corrected chi connectivity index (χ1v) is 13.5. The maximum atomic E-state index is 13.4. The Labute approximate surface area is 231 Å². The Balaban J connectivity index is 1.18. The normalized spacial score (nSPS) is 19.5. The van der Waals surface area contributed by atoms with Crippen molar-refractivity contribution < 1.29 is 38.0 Å². The Bertz CT molecular complexity index is 1380. The molecule has 2 N–H and O–H groups in total. The molecule has 0 bridgehead atoms. The Morgan fingerprint density at radius 3 is 2.67 bits per heavy atom. The molecule has 0 unspecified atom stereocenters. The van der Waals surface area contributed by atoms with Gasteiger partial charge in [-0.3, -0.25) is 4.90 Å². The van der Waals surface area contributed by atoms with Gasteiger partial charge in [0, 0.05) is 12.6 Å². The van der Waals surface area contributed by atoms with Crippen LogP contribution in [0.25, 0.3) is 11.1 Å². The Morgan fingerprint density at radius 1 is 1.12 bits per heavy atom. The van der Waals surface area contributed by atoms with Gasteiger partial charge in [0.2, 0.25) is 0 Å². The molecule has 40 heavy (non-hydrogen) atoms. The van der Waals surface area contributed by atoms with E-state index < -0.39 is 18.4 Å². The number of likely N-dealkylation sites (tertiary alicyclic amines) is 1. The molecule has 5 rings (SSSR count). The average Bonchev–Trinajstić information content (AvgIpc) is 3.47. The summed E-state index contributed by atoms with van der Waals surface area (Å²) in [5.74, 6) is -0.876. The third-order valence-corrected chi connectivity index (χ3v) is 7.59. The van der Waals surface area contributed by atoms with Crippen molar-refractivity contribution in [2.75, 3.05) is 19.7 Å². The molecule has 1 fully saturated rings. The topological polar surface area (TPSA) is 88.5 Å². The second-order valence-electron chi connectivity index (χ2n) is 10.5. The number of hydrogen-bond acceptors (Lipinski definition) is 6. The molecule has 9 heteroatoms. The number of halogens is 2. The number of benzene rings is 3. The standard InChI is InChI=1S/C31H33F2NO6/c1-19-14-22(10-11-25(19)30(36)37)27-8-4-3-7-26(27)20(2)38-18-24(35)17-34-13-5-6-23(34)15-21-9-12-28-29(16-21)40-31(32,33)39-28/h3-4,7-12,14,16,20,23-24,35H,5-6,13,15,17-18H2,1-2H3,(H,36,37)/t20-,23+,24-/m1/s1. The molecule has 0 radical (unpaired) electrons. The zero-order valence-electron chi connectivity index (χ0n) is 22.5. The van der Waals surface area contributed by atoms with E-state index in [9.17, 15) is 23.8 Å². The number of carboxylic acids is 1. The maximum Gasteiger partial charge on any atom is 0.586 e. The van der Waals surface area contributed by atoms with E-state index in [4.69, 9.17) is 4.74 Å². The summed E-state index contributed by atoms with van der Waals surface area (Å²) in [7, 11) is 0. The zero-order valence-corrected chi connectivity index (χ0v) is 22.5. The number of rotatable bonds is 10. The molecule has 0 saturated carbocycles. The number of alkyl halides is 2. The van der Waals surface area contributed by atoms with Crippen LogP contribution in [0.2, 0.25) is 0 Å². The summed E-state index contributed by atoms with van der Waals surface area (Å²) >= 11 is 0. The molecular formula is C31H33F2NO6. The van der Waals surface area contributed by atoms with Crippen LogP contribution in [0.1, 0.15) is 52.9 Å². The lowest BCUT2D eigenvalue weighted by Gasteiger charge is -2.27. The van der Waals surface area contributed by atoms with Gasteiger partial charge < -0.3 is 24.4 Å². The molecule has 0 aromatic heterocycles. The average molecular weight is 554 g/mol. The second kappa shape index (κ2) is 11.5. The van der Waals surface area contributed by atoms with Crippen LogP contribution in [0.4, 0.5) is 8.78 Å². The lowest BCUT2D eigenvalue weighted by Crippen LogP contribution is -2.39. The monoisotopic (exact) mass is 553 g/mol. The van der Waals surface area contributed by atoms with E-state index in [1.54, 1.807) is 31.2 Å². The summed E-state index contributed by atoms with van der Waals surface area (Å²) in [6.45, 7) is 5.15. The van der Waals surface area contributed by atoms with Crippen molar-refractivity contribution in [1.82, 2.24) is 4.90 Å². The number of aliphatic hydroxyl groups is 1. The van der Waals surface area contributed by atoms with Crippen LogP contribution in [-0.2, 0) is 11.2 Å². The molecule has 3 aromatic carbocycles. The molecule has 0 amide bonds. The SMILES string of the molecule is Cc1cc(-c2ccccc2[C@@H](C)OC[C@H](O)CN2CCC[C@H]2Cc2ccc3c(c2)OC(F)(F)O3)ccc1C(=O)O. The lowest BCUT2D eigenvalue weighted by molar-refractivity contribution is -0.286. The molecule has 3 atom stereocenters. The summed E-state index contributed by atoms with van der Waals surface area (Å²) in [4.78, 5) is 13.6. The van der Waals surface area contributed by atoms with E-state index in [0.29, 0.717) is 18.5 Å². The minimum atomic E-state index is -3.63. The first kappa shape index (κ1) is 28.0. The number of carboxylic acid groups (broad SMARTS) is 1. The molecule has 2 heterocycles. The van der Waals surface area contributed by atoms with Crippen molar-refractivity contribution >= 4 is 5.97 Å². The molecular weight excluding hydrogens is 520 g/mol. The quantitative estimate of drug-likeness (QED) is 0.327. The van der Waals surface area contributed by atoms with Gasteiger partial charge in [-0.25, -0.2) is 4.79 Å². The van der Waals surface area contributed by atoms with E-state index >= 15 is 0 Å². The molecule has 1 saturated heterocycles. The predicted molar refractivity (Wildman–Crippen MR) is 145 cm³/mol. The van der Waals surface area contributed by atoms with Gasteiger partial charge in [0.05, 0.1) is 24.4 Å². The van der Waals surface area contributed by atoms with Crippen molar-refractivity contribution in [3.8, 4) is 22.6 Å². The molecule has 0 spiro atoms. The highest BCUT2D eigenvalue weighted by atomic mass is 19.3. The van der Waals surface area contributed by atoms with Gasteiger partial charge in [-0.05, 0) is 85.7 Å². The van der Waals surface area contributed by atoms with Crippen molar-refractivity contribution in [2.45, 2.75) is 57.7 Å². The minimum absolute atomic E-state index is 0.0349. The molecule has 0 aliphatic carbocycles. The highest BCUT2D eigenvalue weighted by Crippen LogP contribution is 2.41. The summed E-state index contributed by atoms with van der Waals surface area (Å²) in [5, 5.41) is 20.2. The van der Waals surface area contributed by atoms with E-state index in [1.165, 1.54) is 6.07 Å². The van der Waals surface area contributed by atoms with Gasteiger partial charge in [-0.15, -0.1) is 8.78 Å². The Morgan fingerprint density at radius 2 is 1.90 bits per heavy atom. The highest BCUT2D eigenvalue weighted by molar-refractivity contribution is 5.90. The summed E-state index contributed by atoms with van der Waals surface area (Å²) in [6.07, 6.45) is -2.05. The zero-order chi connectivity index (χ0) is 28.4. The lowest BCUT2D eigenvalue weighted by atomic mass is 9.94. The van der Waals surface area contributed by atoms with Gasteiger partial charge in [0.25, 0.3) is 0 Å². The van der Waals surface area contributed by atoms with Crippen LogP contribution >= 0.6 is 0 Å². The van der Waals surface area contributed by atoms with Crippen LogP contribution in [0.5, 0.6) is 11.5 Å². The van der Waals surface area contributed by atoms with Gasteiger partial charge in [-0.2, -0.15) is 0 Å². The summed E-state index contributed by atoms with van der Waals surface area (Å²) in [6, 6.07) is 18.2. The number of nitrogens with zero attached hydrogens (tertiary/aromatic N) is 1. The summed E-state index contributed by atoms with van der Waals surface area (Å²) < 4.78 is 41.9. The van der Waals surface area contributed by atoms with Gasteiger partial charge in [0.1, 0.15) is 0 Å². The van der Waals surface area contributed by atoms with Crippen molar-refractivity contribution in [3.63, 3.8) is 0 Å². The number of aliphatic hydroxyl groups excluding tert-OH is 1. The van der Waals surface area contributed by atoms with Crippen LogP contribution in [-0.4, -0.2) is 59.2 Å². The van der Waals surface area contributed by atoms with Crippen molar-refractivity contribution in [1.29, 1.82) is 0 Å². The third-order valence-electron chi connectivity index (χ3n) is 7.59.